The maximum absolute atomic E-state index is 11.0. The second-order valence-corrected chi connectivity index (χ2v) is 4.25. The summed E-state index contributed by atoms with van der Waals surface area (Å²) in [5, 5.41) is 0. The Morgan fingerprint density at radius 3 is 2.60 bits per heavy atom. The number of rotatable bonds is 5. The molecule has 0 bridgehead atoms. The minimum atomic E-state index is -0.673. The fourth-order valence-electron chi connectivity index (χ4n) is 1.58. The maximum atomic E-state index is 11.0. The van der Waals surface area contributed by atoms with Crippen molar-refractivity contribution in [3.8, 4) is 12.3 Å². The highest BCUT2D eigenvalue weighted by Gasteiger charge is 2.31. The number of carbonyl (C=O) groups excluding carboxylic acids is 2. The van der Waals surface area contributed by atoms with Crippen LogP contribution >= 0.6 is 0 Å². The third-order valence-corrected chi connectivity index (χ3v) is 2.46. The highest BCUT2D eigenvalue weighted by atomic mass is 16.7. The minimum Gasteiger partial charge on any atom is -0.463 e. The lowest BCUT2D eigenvalue weighted by Gasteiger charge is -2.31. The van der Waals surface area contributed by atoms with E-state index in [1.54, 1.807) is 19.1 Å². The number of hydrogen-bond donors (Lipinski definition) is 0. The topological polar surface area (TPSA) is 71.1 Å². The molecule has 0 aromatic heterocycles. The van der Waals surface area contributed by atoms with Crippen molar-refractivity contribution in [3.05, 3.63) is 12.2 Å². The predicted molar refractivity (Wildman–Crippen MR) is 69.4 cm³/mol. The van der Waals surface area contributed by atoms with E-state index in [-0.39, 0.29) is 6.61 Å². The molecule has 1 heterocycles. The van der Waals surface area contributed by atoms with Gasteiger partial charge in [-0.2, -0.15) is 0 Å². The second-order valence-electron chi connectivity index (χ2n) is 4.25. The van der Waals surface area contributed by atoms with E-state index in [1.807, 2.05) is 0 Å². The van der Waals surface area contributed by atoms with E-state index < -0.39 is 36.5 Å². The molecule has 0 aromatic carbocycles. The highest BCUT2D eigenvalue weighted by Crippen LogP contribution is 2.18. The summed E-state index contributed by atoms with van der Waals surface area (Å²) in [4.78, 5) is 21.9. The molecule has 0 aliphatic carbocycles. The minimum absolute atomic E-state index is 0.0398. The van der Waals surface area contributed by atoms with Gasteiger partial charge in [-0.15, -0.1) is 6.42 Å². The van der Waals surface area contributed by atoms with Gasteiger partial charge in [-0.3, -0.25) is 9.59 Å². The van der Waals surface area contributed by atoms with Crippen LogP contribution in [0, 0.1) is 12.3 Å². The molecule has 0 N–H and O–H groups in total. The molecule has 6 nitrogen and oxygen atoms in total. The summed E-state index contributed by atoms with van der Waals surface area (Å²) >= 11 is 0. The van der Waals surface area contributed by atoms with Crippen LogP contribution < -0.4 is 0 Å². The molecule has 20 heavy (non-hydrogen) atoms. The van der Waals surface area contributed by atoms with Gasteiger partial charge in [0.1, 0.15) is 24.9 Å². The van der Waals surface area contributed by atoms with Gasteiger partial charge >= 0.3 is 11.9 Å². The van der Waals surface area contributed by atoms with Crippen molar-refractivity contribution in [3.63, 3.8) is 0 Å². The molecule has 4 atom stereocenters. The molecule has 0 saturated heterocycles. The molecule has 6 heteroatoms. The predicted octanol–water partition coefficient (Wildman–Crippen LogP) is 0.801. The van der Waals surface area contributed by atoms with Gasteiger partial charge in [-0.25, -0.2) is 0 Å². The molecule has 1 aliphatic heterocycles. The van der Waals surface area contributed by atoms with Crippen molar-refractivity contribution in [1.29, 1.82) is 0 Å². The maximum Gasteiger partial charge on any atom is 0.303 e. The Morgan fingerprint density at radius 1 is 1.35 bits per heavy atom. The number of hydrogen-bond acceptors (Lipinski definition) is 6. The summed E-state index contributed by atoms with van der Waals surface area (Å²) in [5.41, 5.74) is 0. The van der Waals surface area contributed by atoms with E-state index >= 15 is 0 Å². The van der Waals surface area contributed by atoms with Crippen LogP contribution in [0.4, 0.5) is 0 Å². The molecule has 0 aromatic rings. The van der Waals surface area contributed by atoms with Crippen molar-refractivity contribution in [2.24, 2.45) is 0 Å². The second kappa shape index (κ2) is 7.68. The van der Waals surface area contributed by atoms with E-state index in [2.05, 4.69) is 5.92 Å². The van der Waals surface area contributed by atoms with Crippen molar-refractivity contribution >= 4 is 11.9 Å². The Labute approximate surface area is 118 Å². The lowest BCUT2D eigenvalue weighted by molar-refractivity contribution is -0.202. The van der Waals surface area contributed by atoms with Crippen LogP contribution in [-0.4, -0.2) is 43.1 Å². The molecule has 0 radical (unpaired) electrons. The van der Waals surface area contributed by atoms with Crippen LogP contribution in [0.25, 0.3) is 0 Å². The van der Waals surface area contributed by atoms with Gasteiger partial charge in [0.15, 0.2) is 6.29 Å². The summed E-state index contributed by atoms with van der Waals surface area (Å²) in [6.07, 6.45) is 6.09. The molecule has 1 aliphatic rings. The van der Waals surface area contributed by atoms with Crippen LogP contribution in [0.1, 0.15) is 20.8 Å². The van der Waals surface area contributed by atoms with Gasteiger partial charge in [0.25, 0.3) is 0 Å². The normalized spacial score (nSPS) is 26.4. The van der Waals surface area contributed by atoms with Gasteiger partial charge in [-0.1, -0.05) is 5.92 Å². The fourth-order valence-corrected chi connectivity index (χ4v) is 1.58. The van der Waals surface area contributed by atoms with Crippen molar-refractivity contribution in [1.82, 2.24) is 0 Å². The van der Waals surface area contributed by atoms with Crippen molar-refractivity contribution in [2.45, 2.75) is 45.4 Å². The van der Waals surface area contributed by atoms with Crippen LogP contribution in [-0.2, 0) is 28.5 Å². The molecule has 0 saturated carbocycles. The summed E-state index contributed by atoms with van der Waals surface area (Å²) < 4.78 is 20.9. The molecule has 0 amide bonds. The van der Waals surface area contributed by atoms with Crippen LogP contribution in [0.15, 0.2) is 12.2 Å². The van der Waals surface area contributed by atoms with Gasteiger partial charge < -0.3 is 18.9 Å². The standard InChI is InChI=1S/C14H18O6/c1-5-9(2)18-14-7-6-12(19-11(4)16)13(20-14)8-17-10(3)15/h1,6-7,9,12-14H,8H2,2-4H3. The Kier molecular flexibility index (Phi) is 6.22. The Bertz CT molecular complexity index is 422. The number of terminal acetylenes is 1. The van der Waals surface area contributed by atoms with Crippen molar-refractivity contribution in [2.75, 3.05) is 6.61 Å². The zero-order chi connectivity index (χ0) is 15.1. The Hall–Kier alpha value is -1.84. The zero-order valence-electron chi connectivity index (χ0n) is 11.7. The SMILES string of the molecule is C#CC(C)OC1C=CC(OC(C)=O)C(COC(C)=O)O1. The lowest BCUT2D eigenvalue weighted by Crippen LogP contribution is -2.42. The van der Waals surface area contributed by atoms with E-state index in [4.69, 9.17) is 25.4 Å². The summed E-state index contributed by atoms with van der Waals surface area (Å²) in [6.45, 7) is 4.24. The third-order valence-electron chi connectivity index (χ3n) is 2.46. The molecule has 0 spiro atoms. The van der Waals surface area contributed by atoms with E-state index in [9.17, 15) is 9.59 Å². The third kappa shape index (κ3) is 5.43. The van der Waals surface area contributed by atoms with E-state index in [0.717, 1.165) is 0 Å². The van der Waals surface area contributed by atoms with E-state index in [1.165, 1.54) is 13.8 Å². The Morgan fingerprint density at radius 2 is 2.05 bits per heavy atom. The average molecular weight is 282 g/mol. The quantitative estimate of drug-likeness (QED) is 0.422. The first-order chi connectivity index (χ1) is 9.42. The first-order valence-corrected chi connectivity index (χ1v) is 6.18. The summed E-state index contributed by atoms with van der Waals surface area (Å²) in [5.74, 6) is 1.52. The summed E-state index contributed by atoms with van der Waals surface area (Å²) in [6, 6.07) is 0. The molecule has 1 rings (SSSR count). The highest BCUT2D eigenvalue weighted by molar-refractivity contribution is 5.66. The zero-order valence-corrected chi connectivity index (χ0v) is 11.7. The molecule has 4 unspecified atom stereocenters. The largest absolute Gasteiger partial charge is 0.463 e. The summed E-state index contributed by atoms with van der Waals surface area (Å²) in [7, 11) is 0. The monoisotopic (exact) mass is 282 g/mol. The van der Waals surface area contributed by atoms with Gasteiger partial charge in [0.05, 0.1) is 0 Å². The molecule has 110 valence electrons. The van der Waals surface area contributed by atoms with Crippen molar-refractivity contribution < 1.29 is 28.5 Å². The van der Waals surface area contributed by atoms with Crippen LogP contribution in [0.2, 0.25) is 0 Å². The fraction of sp³-hybridized carbons (Fsp3) is 0.571. The number of esters is 2. The Balaban J connectivity index is 2.68. The first kappa shape index (κ1) is 16.2. The first-order valence-electron chi connectivity index (χ1n) is 6.18. The van der Waals surface area contributed by atoms with Gasteiger partial charge in [0.2, 0.25) is 0 Å². The number of ether oxygens (including phenoxy) is 4. The average Bonchev–Trinajstić information content (AvgIpc) is 2.37. The smallest absolute Gasteiger partial charge is 0.303 e. The lowest BCUT2D eigenvalue weighted by atomic mass is 10.1. The van der Waals surface area contributed by atoms with Crippen LogP contribution in [0.3, 0.4) is 0 Å². The molecular formula is C14H18O6. The van der Waals surface area contributed by atoms with Gasteiger partial charge in [0, 0.05) is 13.8 Å². The number of carbonyl (C=O) groups is 2. The van der Waals surface area contributed by atoms with E-state index in [0.29, 0.717) is 0 Å². The van der Waals surface area contributed by atoms with Crippen LogP contribution in [0.5, 0.6) is 0 Å². The molecule has 0 fully saturated rings. The molecular weight excluding hydrogens is 264 g/mol. The van der Waals surface area contributed by atoms with Gasteiger partial charge in [-0.05, 0) is 19.1 Å².